The molecule has 0 aliphatic heterocycles. The van der Waals surface area contributed by atoms with Crippen molar-refractivity contribution in [2.24, 2.45) is 11.7 Å². The minimum atomic E-state index is -1.28. The number of aliphatic hydroxyl groups excluding tert-OH is 1. The topological polar surface area (TPSA) is 171 Å². The predicted octanol–water partition coefficient (Wildman–Crippen LogP) is -1.23. The monoisotopic (exact) mass is 422 g/mol. The number of aliphatic carboxylic acids is 1. The zero-order valence-corrected chi connectivity index (χ0v) is 17.1. The molecule has 0 heterocycles. The maximum atomic E-state index is 12.2. The third-order valence-corrected chi connectivity index (χ3v) is 4.71. The van der Waals surface area contributed by atoms with E-state index in [0.29, 0.717) is 6.42 Å². The maximum absolute atomic E-state index is 12.2. The highest BCUT2D eigenvalue weighted by Crippen LogP contribution is 2.05. The van der Waals surface area contributed by atoms with E-state index in [1.807, 2.05) is 6.92 Å². The van der Waals surface area contributed by atoms with Crippen LogP contribution < -0.4 is 21.7 Å². The molecule has 4 atom stereocenters. The van der Waals surface area contributed by atoms with E-state index in [4.69, 9.17) is 5.73 Å². The zero-order chi connectivity index (χ0) is 22.7. The molecular weight excluding hydrogens is 392 g/mol. The molecule has 10 heteroatoms. The van der Waals surface area contributed by atoms with Gasteiger partial charge in [-0.2, -0.15) is 0 Å². The highest BCUT2D eigenvalue weighted by atomic mass is 16.4. The Balaban J connectivity index is 2.57. The number of amides is 3. The summed E-state index contributed by atoms with van der Waals surface area (Å²) in [5.41, 5.74) is 6.53. The number of nitrogens with two attached hydrogens (primary N) is 1. The van der Waals surface area contributed by atoms with Crippen molar-refractivity contribution in [3.05, 3.63) is 35.9 Å². The molecule has 1 rings (SSSR count). The van der Waals surface area contributed by atoms with Crippen molar-refractivity contribution in [2.75, 3.05) is 13.2 Å². The van der Waals surface area contributed by atoms with E-state index in [1.165, 1.54) is 0 Å². The molecule has 1 aromatic rings. The molecule has 0 fully saturated rings. The number of carbonyl (C=O) groups excluding carboxylic acids is 3. The van der Waals surface area contributed by atoms with Crippen LogP contribution in [0.5, 0.6) is 0 Å². The molecule has 0 aliphatic carbocycles. The fraction of sp³-hybridized carbons (Fsp3) is 0.500. The Labute approximate surface area is 175 Å². The number of hydrogen-bond acceptors (Lipinski definition) is 6. The number of aliphatic hydroxyl groups is 1. The zero-order valence-electron chi connectivity index (χ0n) is 17.1. The standard InChI is InChI=1S/C20H30N4O6/c1-3-12(2)17(21)19(28)24-15(11-25)18(27)22-10-16(26)23-14(20(29)30)9-13-7-5-4-6-8-13/h4-8,12,14-15,17,25H,3,9-11,21H2,1-2H3,(H,22,27)(H,23,26)(H,24,28)(H,29,30). The normalized spacial score (nSPS) is 14.7. The van der Waals surface area contributed by atoms with E-state index in [-0.39, 0.29) is 12.3 Å². The average molecular weight is 422 g/mol. The van der Waals surface area contributed by atoms with Crippen LogP contribution in [0.3, 0.4) is 0 Å². The van der Waals surface area contributed by atoms with Crippen molar-refractivity contribution in [2.45, 2.75) is 44.8 Å². The van der Waals surface area contributed by atoms with Crippen molar-refractivity contribution in [1.29, 1.82) is 0 Å². The largest absolute Gasteiger partial charge is 0.480 e. The fourth-order valence-corrected chi connectivity index (χ4v) is 2.56. The predicted molar refractivity (Wildman–Crippen MR) is 109 cm³/mol. The van der Waals surface area contributed by atoms with Gasteiger partial charge in [-0.15, -0.1) is 0 Å². The molecule has 30 heavy (non-hydrogen) atoms. The van der Waals surface area contributed by atoms with Crippen LogP contribution in [0.15, 0.2) is 30.3 Å². The minimum absolute atomic E-state index is 0.0820. The van der Waals surface area contributed by atoms with Crippen LogP contribution in [0, 0.1) is 5.92 Å². The molecule has 0 saturated carbocycles. The van der Waals surface area contributed by atoms with Gasteiger partial charge in [0, 0.05) is 6.42 Å². The summed E-state index contributed by atoms with van der Waals surface area (Å²) in [7, 11) is 0. The lowest BCUT2D eigenvalue weighted by Crippen LogP contribution is -2.55. The van der Waals surface area contributed by atoms with Crippen LogP contribution in [0.25, 0.3) is 0 Å². The molecule has 4 unspecified atom stereocenters. The second kappa shape index (κ2) is 12.6. The van der Waals surface area contributed by atoms with Gasteiger partial charge in [-0.3, -0.25) is 14.4 Å². The molecule has 0 saturated heterocycles. The first-order chi connectivity index (χ1) is 14.2. The first-order valence-electron chi connectivity index (χ1n) is 9.70. The highest BCUT2D eigenvalue weighted by Gasteiger charge is 2.26. The first-order valence-corrected chi connectivity index (χ1v) is 9.70. The molecule has 0 spiro atoms. The third-order valence-electron chi connectivity index (χ3n) is 4.71. The van der Waals surface area contributed by atoms with Crippen molar-refractivity contribution in [1.82, 2.24) is 16.0 Å². The molecule has 0 bridgehead atoms. The average Bonchev–Trinajstić information content (AvgIpc) is 2.74. The Kier molecular flexibility index (Phi) is 10.5. The van der Waals surface area contributed by atoms with Crippen molar-refractivity contribution >= 4 is 23.7 Å². The summed E-state index contributed by atoms with van der Waals surface area (Å²) in [5, 5.41) is 25.6. The molecule has 10 nitrogen and oxygen atoms in total. The van der Waals surface area contributed by atoms with E-state index < -0.39 is 55.0 Å². The molecule has 3 amide bonds. The van der Waals surface area contributed by atoms with Crippen molar-refractivity contribution < 1.29 is 29.4 Å². The van der Waals surface area contributed by atoms with E-state index in [0.717, 1.165) is 5.56 Å². The lowest BCUT2D eigenvalue weighted by molar-refractivity contribution is -0.141. The summed E-state index contributed by atoms with van der Waals surface area (Å²) in [6.45, 7) is 2.46. The quantitative estimate of drug-likeness (QED) is 0.245. The van der Waals surface area contributed by atoms with Crippen molar-refractivity contribution in [3.63, 3.8) is 0 Å². The van der Waals surface area contributed by atoms with E-state index >= 15 is 0 Å². The van der Waals surface area contributed by atoms with E-state index in [9.17, 15) is 29.4 Å². The van der Waals surface area contributed by atoms with Gasteiger partial charge in [0.15, 0.2) is 0 Å². The van der Waals surface area contributed by atoms with Gasteiger partial charge >= 0.3 is 5.97 Å². The summed E-state index contributed by atoms with van der Waals surface area (Å²) < 4.78 is 0. The van der Waals surface area contributed by atoms with E-state index in [2.05, 4.69) is 16.0 Å². The second-order valence-electron chi connectivity index (χ2n) is 7.02. The third kappa shape index (κ3) is 8.18. The van der Waals surface area contributed by atoms with Gasteiger partial charge < -0.3 is 31.9 Å². The van der Waals surface area contributed by atoms with Crippen LogP contribution in [0.1, 0.15) is 25.8 Å². The van der Waals surface area contributed by atoms with Gasteiger partial charge in [0.25, 0.3) is 0 Å². The molecular formula is C20H30N4O6. The number of carboxylic acids is 1. The summed E-state index contributed by atoms with van der Waals surface area (Å²) in [5.74, 6) is -3.41. The molecule has 0 aliphatic rings. The smallest absolute Gasteiger partial charge is 0.326 e. The molecule has 0 aromatic heterocycles. The Bertz CT molecular complexity index is 727. The lowest BCUT2D eigenvalue weighted by atomic mass is 9.99. The summed E-state index contributed by atoms with van der Waals surface area (Å²) in [6, 6.07) is 5.50. The van der Waals surface area contributed by atoms with Crippen LogP contribution in [0.2, 0.25) is 0 Å². The molecule has 166 valence electrons. The highest BCUT2D eigenvalue weighted by molar-refractivity contribution is 5.92. The number of carbonyl (C=O) groups is 4. The number of rotatable bonds is 12. The summed E-state index contributed by atoms with van der Waals surface area (Å²) >= 11 is 0. The van der Waals surface area contributed by atoms with Crippen LogP contribution in [-0.2, 0) is 25.6 Å². The first kappa shape index (κ1) is 25.1. The van der Waals surface area contributed by atoms with Gasteiger partial charge in [0.1, 0.15) is 12.1 Å². The molecule has 0 radical (unpaired) electrons. The number of hydrogen-bond donors (Lipinski definition) is 6. The van der Waals surface area contributed by atoms with Gasteiger partial charge in [-0.1, -0.05) is 50.6 Å². The maximum Gasteiger partial charge on any atom is 0.326 e. The second-order valence-corrected chi connectivity index (χ2v) is 7.02. The Morgan fingerprint density at radius 2 is 1.67 bits per heavy atom. The Morgan fingerprint density at radius 3 is 2.20 bits per heavy atom. The fourth-order valence-electron chi connectivity index (χ4n) is 2.56. The summed E-state index contributed by atoms with van der Waals surface area (Å²) in [4.78, 5) is 47.7. The molecule has 7 N–H and O–H groups in total. The Morgan fingerprint density at radius 1 is 1.03 bits per heavy atom. The van der Waals surface area contributed by atoms with Crippen LogP contribution >= 0.6 is 0 Å². The van der Waals surface area contributed by atoms with Gasteiger partial charge in [0.05, 0.1) is 19.2 Å². The van der Waals surface area contributed by atoms with Crippen LogP contribution in [-0.4, -0.2) is 65.2 Å². The molecule has 1 aromatic carbocycles. The summed E-state index contributed by atoms with van der Waals surface area (Å²) in [6.07, 6.45) is 0.747. The Hall–Kier alpha value is -2.98. The number of benzene rings is 1. The van der Waals surface area contributed by atoms with Crippen molar-refractivity contribution in [3.8, 4) is 0 Å². The number of carboxylic acid groups (broad SMARTS) is 1. The number of nitrogens with one attached hydrogen (secondary N) is 3. The van der Waals surface area contributed by atoms with Crippen LogP contribution in [0.4, 0.5) is 0 Å². The lowest BCUT2D eigenvalue weighted by Gasteiger charge is -2.22. The minimum Gasteiger partial charge on any atom is -0.480 e. The SMILES string of the molecule is CCC(C)C(N)C(=O)NC(CO)C(=O)NCC(=O)NC(Cc1ccccc1)C(=O)O. The van der Waals surface area contributed by atoms with Gasteiger partial charge in [0.2, 0.25) is 17.7 Å². The van der Waals surface area contributed by atoms with E-state index in [1.54, 1.807) is 37.3 Å². The van der Waals surface area contributed by atoms with Gasteiger partial charge in [-0.25, -0.2) is 4.79 Å². The van der Waals surface area contributed by atoms with Gasteiger partial charge in [-0.05, 0) is 11.5 Å².